The van der Waals surface area contributed by atoms with Gasteiger partial charge in [-0.2, -0.15) is 4.98 Å². The number of benzene rings is 1. The normalized spacial score (nSPS) is 26.8. The maximum Gasteiger partial charge on any atom is 0.250 e. The number of thioether (sulfide) groups is 1. The van der Waals surface area contributed by atoms with Gasteiger partial charge in [0.05, 0.1) is 4.87 Å². The summed E-state index contributed by atoms with van der Waals surface area (Å²) in [5.74, 6) is 0.228. The fourth-order valence-electron chi connectivity index (χ4n) is 3.14. The molecule has 8 heteroatoms. The molecule has 4 rings (SSSR count). The zero-order valence-electron chi connectivity index (χ0n) is 12.3. The zero-order valence-corrected chi connectivity index (χ0v) is 13.1. The van der Waals surface area contributed by atoms with Crippen molar-refractivity contribution < 1.29 is 18.8 Å². The summed E-state index contributed by atoms with van der Waals surface area (Å²) in [5, 5.41) is 13.1. The number of nitrogens with zero attached hydrogens (tertiary/aromatic N) is 3. The Labute approximate surface area is 135 Å². The van der Waals surface area contributed by atoms with Gasteiger partial charge in [0, 0.05) is 17.7 Å². The van der Waals surface area contributed by atoms with Crippen molar-refractivity contribution in [2.24, 2.45) is 0 Å². The maximum absolute atomic E-state index is 13.5. The van der Waals surface area contributed by atoms with E-state index in [0.717, 1.165) is 12.5 Å². The molecule has 23 heavy (non-hydrogen) atoms. The van der Waals surface area contributed by atoms with Crippen molar-refractivity contribution in [3.63, 3.8) is 0 Å². The SMILES string of the molecule is CC12CCC(=O)N1C(c1nc(-c3ccc(O)c(F)c3)no1)CS2. The summed E-state index contributed by atoms with van der Waals surface area (Å²) in [7, 11) is 0. The first-order valence-electron chi connectivity index (χ1n) is 7.26. The predicted molar refractivity (Wildman–Crippen MR) is 81.0 cm³/mol. The van der Waals surface area contributed by atoms with Crippen molar-refractivity contribution >= 4 is 17.7 Å². The highest BCUT2D eigenvalue weighted by Gasteiger charge is 2.52. The van der Waals surface area contributed by atoms with Gasteiger partial charge in [0.1, 0.15) is 6.04 Å². The fraction of sp³-hybridized carbons (Fsp3) is 0.400. The minimum Gasteiger partial charge on any atom is -0.505 e. The third-order valence-electron chi connectivity index (χ3n) is 4.38. The highest BCUT2D eigenvalue weighted by Crippen LogP contribution is 2.52. The van der Waals surface area contributed by atoms with Crippen LogP contribution in [0.25, 0.3) is 11.4 Å². The summed E-state index contributed by atoms with van der Waals surface area (Å²) >= 11 is 1.72. The van der Waals surface area contributed by atoms with Crippen LogP contribution in [-0.4, -0.2) is 36.7 Å². The third kappa shape index (κ3) is 2.20. The monoisotopic (exact) mass is 335 g/mol. The summed E-state index contributed by atoms with van der Waals surface area (Å²) in [4.78, 5) is 18.1. The molecular formula is C15H14FN3O3S. The van der Waals surface area contributed by atoms with Gasteiger partial charge in [-0.25, -0.2) is 4.39 Å². The average Bonchev–Trinajstić information content (AvgIpc) is 3.19. The van der Waals surface area contributed by atoms with Crippen LogP contribution in [0.2, 0.25) is 0 Å². The number of aromatic nitrogens is 2. The molecule has 3 heterocycles. The molecule has 0 radical (unpaired) electrons. The van der Waals surface area contributed by atoms with Crippen molar-refractivity contribution in [3.05, 3.63) is 29.9 Å². The van der Waals surface area contributed by atoms with Crippen LogP contribution in [0, 0.1) is 5.82 Å². The molecule has 2 aliphatic heterocycles. The molecule has 0 spiro atoms. The molecule has 2 fully saturated rings. The molecule has 2 aliphatic rings. The van der Waals surface area contributed by atoms with Crippen LogP contribution < -0.4 is 0 Å². The first-order valence-corrected chi connectivity index (χ1v) is 8.25. The lowest BCUT2D eigenvalue weighted by atomic mass is 10.2. The Morgan fingerprint density at radius 3 is 3.13 bits per heavy atom. The van der Waals surface area contributed by atoms with Crippen LogP contribution >= 0.6 is 11.8 Å². The van der Waals surface area contributed by atoms with E-state index in [4.69, 9.17) is 4.52 Å². The van der Waals surface area contributed by atoms with Gasteiger partial charge >= 0.3 is 0 Å². The van der Waals surface area contributed by atoms with Crippen molar-refractivity contribution in [2.75, 3.05) is 5.75 Å². The molecule has 0 saturated carbocycles. The van der Waals surface area contributed by atoms with E-state index in [-0.39, 0.29) is 22.6 Å². The molecule has 1 aromatic heterocycles. The zero-order chi connectivity index (χ0) is 16.2. The number of hydrogen-bond donors (Lipinski definition) is 1. The number of aromatic hydroxyl groups is 1. The highest BCUT2D eigenvalue weighted by atomic mass is 32.2. The second kappa shape index (κ2) is 4.95. The lowest BCUT2D eigenvalue weighted by molar-refractivity contribution is -0.131. The number of carbonyl (C=O) groups excluding carboxylic acids is 1. The van der Waals surface area contributed by atoms with Crippen molar-refractivity contribution in [1.29, 1.82) is 0 Å². The number of fused-ring (bicyclic) bond motifs is 1. The Hall–Kier alpha value is -2.09. The van der Waals surface area contributed by atoms with Crippen LogP contribution in [0.15, 0.2) is 22.7 Å². The first kappa shape index (κ1) is 14.5. The number of hydrogen-bond acceptors (Lipinski definition) is 6. The van der Waals surface area contributed by atoms with E-state index in [2.05, 4.69) is 17.1 Å². The number of amides is 1. The number of phenolic OH excluding ortho intramolecular Hbond substituents is 1. The second-order valence-corrected chi connectivity index (χ2v) is 7.39. The molecule has 1 aromatic carbocycles. The minimum atomic E-state index is -0.743. The molecule has 1 N–H and O–H groups in total. The highest BCUT2D eigenvalue weighted by molar-refractivity contribution is 8.00. The van der Waals surface area contributed by atoms with Crippen LogP contribution in [0.3, 0.4) is 0 Å². The molecule has 120 valence electrons. The molecule has 0 bridgehead atoms. The van der Waals surface area contributed by atoms with Gasteiger partial charge in [0.15, 0.2) is 11.6 Å². The van der Waals surface area contributed by atoms with Crippen LogP contribution in [0.5, 0.6) is 5.75 Å². The van der Waals surface area contributed by atoms with Gasteiger partial charge < -0.3 is 14.5 Å². The third-order valence-corrected chi connectivity index (χ3v) is 5.88. The van der Waals surface area contributed by atoms with Crippen LogP contribution in [-0.2, 0) is 4.79 Å². The van der Waals surface area contributed by atoms with E-state index < -0.39 is 11.6 Å². The molecule has 0 aliphatic carbocycles. The molecule has 1 amide bonds. The number of halogens is 1. The van der Waals surface area contributed by atoms with E-state index in [1.165, 1.54) is 12.1 Å². The topological polar surface area (TPSA) is 79.5 Å². The molecule has 6 nitrogen and oxygen atoms in total. The summed E-state index contributed by atoms with van der Waals surface area (Å²) in [6, 6.07) is 3.66. The molecular weight excluding hydrogens is 321 g/mol. The van der Waals surface area contributed by atoms with Gasteiger partial charge in [-0.15, -0.1) is 11.8 Å². The van der Waals surface area contributed by atoms with Crippen LogP contribution in [0.1, 0.15) is 31.7 Å². The Morgan fingerprint density at radius 1 is 1.52 bits per heavy atom. The first-order chi connectivity index (χ1) is 11.0. The Morgan fingerprint density at radius 2 is 2.35 bits per heavy atom. The largest absolute Gasteiger partial charge is 0.505 e. The maximum atomic E-state index is 13.5. The van der Waals surface area contributed by atoms with Crippen LogP contribution in [0.4, 0.5) is 4.39 Å². The summed E-state index contributed by atoms with van der Waals surface area (Å²) in [5.41, 5.74) is 0.413. The van der Waals surface area contributed by atoms with E-state index in [1.807, 2.05) is 4.90 Å². The lowest BCUT2D eigenvalue weighted by Crippen LogP contribution is -2.37. The molecule has 2 atom stereocenters. The van der Waals surface area contributed by atoms with Crippen molar-refractivity contribution in [1.82, 2.24) is 15.0 Å². The smallest absolute Gasteiger partial charge is 0.250 e. The minimum absolute atomic E-state index is 0.0953. The summed E-state index contributed by atoms with van der Waals surface area (Å²) in [6.07, 6.45) is 1.35. The van der Waals surface area contributed by atoms with Crippen molar-refractivity contribution in [2.45, 2.75) is 30.7 Å². The predicted octanol–water partition coefficient (Wildman–Crippen LogP) is 2.71. The Kier molecular flexibility index (Phi) is 3.12. The van der Waals surface area contributed by atoms with Gasteiger partial charge in [-0.1, -0.05) is 5.16 Å². The summed E-state index contributed by atoms with van der Waals surface area (Å²) in [6.45, 7) is 2.05. The van der Waals surface area contributed by atoms with E-state index in [1.54, 1.807) is 11.8 Å². The van der Waals surface area contributed by atoms with Gasteiger partial charge in [-0.05, 0) is 31.5 Å². The van der Waals surface area contributed by atoms with E-state index in [0.29, 0.717) is 23.6 Å². The van der Waals surface area contributed by atoms with E-state index >= 15 is 0 Å². The van der Waals surface area contributed by atoms with E-state index in [9.17, 15) is 14.3 Å². The lowest BCUT2D eigenvalue weighted by Gasteiger charge is -2.28. The fourth-order valence-corrected chi connectivity index (χ4v) is 4.56. The second-order valence-electron chi connectivity index (χ2n) is 5.89. The number of phenols is 1. The Bertz CT molecular complexity index is 796. The quantitative estimate of drug-likeness (QED) is 0.909. The molecule has 2 saturated heterocycles. The van der Waals surface area contributed by atoms with Gasteiger partial charge in [0.2, 0.25) is 11.7 Å². The van der Waals surface area contributed by atoms with Gasteiger partial charge in [-0.3, -0.25) is 4.79 Å². The number of rotatable bonds is 2. The molecule has 2 unspecified atom stereocenters. The van der Waals surface area contributed by atoms with Crippen molar-refractivity contribution in [3.8, 4) is 17.1 Å². The Balaban J connectivity index is 1.66. The average molecular weight is 335 g/mol. The summed E-state index contributed by atoms with van der Waals surface area (Å²) < 4.78 is 18.8. The van der Waals surface area contributed by atoms with Gasteiger partial charge in [0.25, 0.3) is 5.89 Å². The molecule has 2 aromatic rings. The standard InChI is InChI=1S/C15H14FN3O3S/c1-15-5-4-12(21)19(15)10(7-23-15)14-17-13(18-22-14)8-2-3-11(20)9(16)6-8/h2-3,6,10,20H,4-5,7H2,1H3. The number of carbonyl (C=O) groups is 1.